The summed E-state index contributed by atoms with van der Waals surface area (Å²) in [6, 6.07) is 18.5. The first-order valence-corrected chi connectivity index (χ1v) is 9.22. The molecule has 0 atom stereocenters. The maximum Gasteiger partial charge on any atom is 0.407 e. The molecule has 0 radical (unpaired) electrons. The molecule has 1 aromatic heterocycles. The van der Waals surface area contributed by atoms with E-state index in [2.05, 4.69) is 46.4 Å². The minimum absolute atomic E-state index is 0.0577. The maximum atomic E-state index is 12.1. The number of fused-ring (bicyclic) bond motifs is 3. The summed E-state index contributed by atoms with van der Waals surface area (Å²) in [5.41, 5.74) is 6.74. The lowest BCUT2D eigenvalue weighted by atomic mass is 9.98. The Balaban J connectivity index is 1.36. The largest absolute Gasteiger partial charge is 0.449 e. The van der Waals surface area contributed by atoms with Crippen LogP contribution < -0.4 is 5.32 Å². The summed E-state index contributed by atoms with van der Waals surface area (Å²) in [5, 5.41) is 2.69. The molecule has 0 unspecified atom stereocenters. The quantitative estimate of drug-likeness (QED) is 0.702. The molecule has 3 aromatic rings. The number of benzene rings is 2. The van der Waals surface area contributed by atoms with Crippen molar-refractivity contribution in [2.24, 2.45) is 0 Å². The number of aryl methyl sites for hydroxylation is 1. The van der Waals surface area contributed by atoms with Crippen LogP contribution in [0.25, 0.3) is 11.1 Å². The van der Waals surface area contributed by atoms with E-state index in [1.807, 2.05) is 37.3 Å². The average Bonchev–Trinajstić information content (AvgIpc) is 3.05. The summed E-state index contributed by atoms with van der Waals surface area (Å²) < 4.78 is 5.49. The van der Waals surface area contributed by atoms with Crippen molar-refractivity contribution in [3.8, 4) is 23.0 Å². The van der Waals surface area contributed by atoms with E-state index >= 15 is 0 Å². The molecular weight excluding hydrogens is 348 g/mol. The summed E-state index contributed by atoms with van der Waals surface area (Å²) in [4.78, 5) is 16.1. The minimum atomic E-state index is -0.459. The first kappa shape index (κ1) is 17.8. The second-order valence-corrected chi connectivity index (χ2v) is 6.67. The number of amides is 1. The van der Waals surface area contributed by atoms with Crippen LogP contribution in [-0.4, -0.2) is 24.2 Å². The zero-order chi connectivity index (χ0) is 19.3. The second-order valence-electron chi connectivity index (χ2n) is 6.67. The highest BCUT2D eigenvalue weighted by molar-refractivity contribution is 5.79. The van der Waals surface area contributed by atoms with E-state index in [1.165, 1.54) is 22.3 Å². The first-order chi connectivity index (χ1) is 13.7. The lowest BCUT2D eigenvalue weighted by Crippen LogP contribution is -2.26. The highest BCUT2D eigenvalue weighted by Crippen LogP contribution is 2.44. The lowest BCUT2D eigenvalue weighted by molar-refractivity contribution is 0.144. The van der Waals surface area contributed by atoms with Crippen LogP contribution in [0, 0.1) is 18.8 Å². The molecule has 0 saturated heterocycles. The monoisotopic (exact) mass is 368 g/mol. The number of ether oxygens (including phenoxy) is 1. The highest BCUT2D eigenvalue weighted by Gasteiger charge is 2.28. The number of alkyl carbamates (subject to hydrolysis) is 1. The summed E-state index contributed by atoms with van der Waals surface area (Å²) >= 11 is 0. The van der Waals surface area contributed by atoms with Crippen LogP contribution in [0.15, 0.2) is 67.0 Å². The molecule has 0 fully saturated rings. The fraction of sp³-hybridized carbons (Fsp3) is 0.167. The molecule has 0 aliphatic heterocycles. The van der Waals surface area contributed by atoms with Gasteiger partial charge in [0, 0.05) is 23.9 Å². The predicted molar refractivity (Wildman–Crippen MR) is 109 cm³/mol. The molecule has 1 aliphatic carbocycles. The Kier molecular flexibility index (Phi) is 5.07. The third kappa shape index (κ3) is 3.60. The number of pyridine rings is 1. The number of aromatic nitrogens is 1. The third-order valence-electron chi connectivity index (χ3n) is 4.93. The van der Waals surface area contributed by atoms with Gasteiger partial charge in [0.25, 0.3) is 0 Å². The Morgan fingerprint density at radius 3 is 2.43 bits per heavy atom. The van der Waals surface area contributed by atoms with Gasteiger partial charge in [-0.1, -0.05) is 60.4 Å². The van der Waals surface area contributed by atoms with Crippen molar-refractivity contribution in [1.82, 2.24) is 10.3 Å². The number of carbonyl (C=O) groups is 1. The number of rotatable bonds is 3. The SMILES string of the molecule is Cc1ccncc1C#CCNC(=O)OCC1c2ccccc2-c2ccccc21. The van der Waals surface area contributed by atoms with E-state index < -0.39 is 6.09 Å². The Morgan fingerprint density at radius 1 is 1.07 bits per heavy atom. The highest BCUT2D eigenvalue weighted by atomic mass is 16.5. The molecule has 0 spiro atoms. The average molecular weight is 368 g/mol. The first-order valence-electron chi connectivity index (χ1n) is 9.22. The van der Waals surface area contributed by atoms with Gasteiger partial charge in [-0.2, -0.15) is 0 Å². The van der Waals surface area contributed by atoms with E-state index in [0.29, 0.717) is 6.61 Å². The van der Waals surface area contributed by atoms with Crippen molar-refractivity contribution >= 4 is 6.09 Å². The molecule has 4 heteroatoms. The predicted octanol–water partition coefficient (Wildman–Crippen LogP) is 4.28. The van der Waals surface area contributed by atoms with Crippen molar-refractivity contribution in [2.75, 3.05) is 13.2 Å². The van der Waals surface area contributed by atoms with Gasteiger partial charge in [0.15, 0.2) is 0 Å². The van der Waals surface area contributed by atoms with E-state index in [-0.39, 0.29) is 12.5 Å². The summed E-state index contributed by atoms with van der Waals surface area (Å²) in [7, 11) is 0. The van der Waals surface area contributed by atoms with Crippen LogP contribution in [0.1, 0.15) is 28.2 Å². The molecule has 138 valence electrons. The molecule has 0 bridgehead atoms. The lowest BCUT2D eigenvalue weighted by Gasteiger charge is -2.14. The maximum absolute atomic E-state index is 12.1. The number of carbonyl (C=O) groups excluding carboxylic acids is 1. The minimum Gasteiger partial charge on any atom is -0.449 e. The van der Waals surface area contributed by atoms with Crippen LogP contribution in [-0.2, 0) is 4.74 Å². The van der Waals surface area contributed by atoms with Crippen LogP contribution in [0.5, 0.6) is 0 Å². The third-order valence-corrected chi connectivity index (χ3v) is 4.93. The zero-order valence-corrected chi connectivity index (χ0v) is 15.6. The Morgan fingerprint density at radius 2 is 1.75 bits per heavy atom. The van der Waals surface area contributed by atoms with E-state index in [1.54, 1.807) is 12.4 Å². The molecule has 1 amide bonds. The molecule has 4 nitrogen and oxygen atoms in total. The van der Waals surface area contributed by atoms with Gasteiger partial charge in [-0.25, -0.2) is 4.79 Å². The van der Waals surface area contributed by atoms with E-state index in [0.717, 1.165) is 11.1 Å². The number of nitrogens with zero attached hydrogens (tertiary/aromatic N) is 1. The van der Waals surface area contributed by atoms with Gasteiger partial charge in [-0.3, -0.25) is 4.98 Å². The molecule has 2 aromatic carbocycles. The standard InChI is InChI=1S/C24H20N2O2/c1-17-12-14-25-15-18(17)7-6-13-26-24(27)28-16-23-21-10-4-2-8-19(21)20-9-3-5-11-22(20)23/h2-5,8-12,14-15,23H,13,16H2,1H3,(H,26,27). The second kappa shape index (κ2) is 7.98. The van der Waals surface area contributed by atoms with Crippen molar-refractivity contribution in [2.45, 2.75) is 12.8 Å². The van der Waals surface area contributed by atoms with Crippen molar-refractivity contribution < 1.29 is 9.53 Å². The van der Waals surface area contributed by atoms with Crippen LogP contribution in [0.3, 0.4) is 0 Å². The smallest absolute Gasteiger partial charge is 0.407 e. The molecule has 1 heterocycles. The molecule has 4 rings (SSSR count). The van der Waals surface area contributed by atoms with Gasteiger partial charge in [-0.05, 0) is 40.8 Å². The van der Waals surface area contributed by atoms with Gasteiger partial charge in [0.1, 0.15) is 6.61 Å². The Hall–Kier alpha value is -3.58. The van der Waals surface area contributed by atoms with Crippen molar-refractivity contribution in [1.29, 1.82) is 0 Å². The number of hydrogen-bond acceptors (Lipinski definition) is 3. The number of hydrogen-bond donors (Lipinski definition) is 1. The number of nitrogens with one attached hydrogen (secondary N) is 1. The summed E-state index contributed by atoms with van der Waals surface area (Å²) in [5.74, 6) is 6.00. The van der Waals surface area contributed by atoms with Gasteiger partial charge >= 0.3 is 6.09 Å². The zero-order valence-electron chi connectivity index (χ0n) is 15.6. The van der Waals surface area contributed by atoms with Gasteiger partial charge < -0.3 is 10.1 Å². The summed E-state index contributed by atoms with van der Waals surface area (Å²) in [6.45, 7) is 2.50. The molecule has 0 saturated carbocycles. The molecule has 28 heavy (non-hydrogen) atoms. The van der Waals surface area contributed by atoms with Crippen molar-refractivity contribution in [3.05, 3.63) is 89.2 Å². The Bertz CT molecular complexity index is 1030. The van der Waals surface area contributed by atoms with E-state index in [9.17, 15) is 4.79 Å². The molecule has 1 N–H and O–H groups in total. The van der Waals surface area contributed by atoms with E-state index in [4.69, 9.17) is 4.74 Å². The van der Waals surface area contributed by atoms with Crippen LogP contribution in [0.2, 0.25) is 0 Å². The van der Waals surface area contributed by atoms with Crippen molar-refractivity contribution in [3.63, 3.8) is 0 Å². The molecule has 1 aliphatic rings. The van der Waals surface area contributed by atoms with Gasteiger partial charge in [-0.15, -0.1) is 0 Å². The summed E-state index contributed by atoms with van der Waals surface area (Å²) in [6.07, 6.45) is 2.99. The van der Waals surface area contributed by atoms with Crippen LogP contribution >= 0.6 is 0 Å². The fourth-order valence-electron chi connectivity index (χ4n) is 3.50. The normalized spacial score (nSPS) is 11.8. The topological polar surface area (TPSA) is 51.2 Å². The fourth-order valence-corrected chi connectivity index (χ4v) is 3.50. The van der Waals surface area contributed by atoms with Crippen LogP contribution in [0.4, 0.5) is 4.79 Å². The van der Waals surface area contributed by atoms with Gasteiger partial charge in [0.2, 0.25) is 0 Å². The Labute approximate surface area is 164 Å². The van der Waals surface area contributed by atoms with Gasteiger partial charge in [0.05, 0.1) is 6.54 Å². The molecular formula is C24H20N2O2.